The highest BCUT2D eigenvalue weighted by Crippen LogP contribution is 2.09. The molecule has 1 amide bonds. The maximum atomic E-state index is 11.1. The first-order valence-electron chi connectivity index (χ1n) is 3.91. The predicted molar refractivity (Wildman–Crippen MR) is 41.2 cm³/mol. The van der Waals surface area contributed by atoms with Gasteiger partial charge in [-0.3, -0.25) is 14.6 Å². The number of carbonyl (C=O) groups excluding carboxylic acids is 1. The van der Waals surface area contributed by atoms with E-state index in [2.05, 4.69) is 5.43 Å². The molecule has 0 saturated carbocycles. The van der Waals surface area contributed by atoms with E-state index in [1.54, 1.807) is 0 Å². The van der Waals surface area contributed by atoms with Crippen molar-refractivity contribution in [3.63, 3.8) is 0 Å². The molecule has 0 radical (unpaired) electrons. The number of nitrogens with one attached hydrogen (secondary N) is 1. The minimum Gasteiger partial charge on any atom is -0.480 e. The highest BCUT2D eigenvalue weighted by Gasteiger charge is 2.28. The Kier molecular flexibility index (Phi) is 2.65. The summed E-state index contributed by atoms with van der Waals surface area (Å²) in [7, 11) is 0. The van der Waals surface area contributed by atoms with Gasteiger partial charge < -0.3 is 5.11 Å². The summed E-state index contributed by atoms with van der Waals surface area (Å²) in [6.45, 7) is 1.70. The maximum Gasteiger partial charge on any atom is 0.324 e. The minimum atomic E-state index is -0.993. The number of aliphatic carboxylic acids is 1. The zero-order valence-electron chi connectivity index (χ0n) is 6.91. The van der Waals surface area contributed by atoms with Crippen LogP contribution < -0.4 is 5.43 Å². The molecule has 0 spiro atoms. The van der Waals surface area contributed by atoms with Crippen LogP contribution in [0.25, 0.3) is 0 Å². The van der Waals surface area contributed by atoms with E-state index in [0.717, 1.165) is 11.4 Å². The van der Waals surface area contributed by atoms with Crippen LogP contribution in [0.1, 0.15) is 19.8 Å². The molecule has 1 heterocycles. The Morgan fingerprint density at radius 1 is 1.83 bits per heavy atom. The number of carbonyl (C=O) groups is 2. The average Bonchev–Trinajstić information content (AvgIpc) is 2.31. The maximum absolute atomic E-state index is 11.1. The van der Waals surface area contributed by atoms with Gasteiger partial charge >= 0.3 is 5.97 Å². The van der Waals surface area contributed by atoms with Gasteiger partial charge in [-0.2, -0.15) is 0 Å². The van der Waals surface area contributed by atoms with Crippen molar-refractivity contribution >= 4 is 11.9 Å². The Balaban J connectivity index is 2.46. The van der Waals surface area contributed by atoms with Gasteiger partial charge in [-0.1, -0.05) is 6.92 Å². The fraction of sp³-hybridized carbons (Fsp3) is 0.714. The molecule has 5 nitrogen and oxygen atoms in total. The molecule has 0 aromatic rings. The first-order valence-corrected chi connectivity index (χ1v) is 3.91. The molecule has 12 heavy (non-hydrogen) atoms. The van der Waals surface area contributed by atoms with E-state index in [1.165, 1.54) is 0 Å². The summed E-state index contributed by atoms with van der Waals surface area (Å²) in [6.07, 6.45) is 1.24. The van der Waals surface area contributed by atoms with Crippen LogP contribution in [0.5, 0.6) is 0 Å². The van der Waals surface area contributed by atoms with Crippen LogP contribution in [0, 0.1) is 0 Å². The lowest BCUT2D eigenvalue weighted by atomic mass is 10.2. The number of hydrazine groups is 1. The minimum absolute atomic E-state index is 0.108. The van der Waals surface area contributed by atoms with Gasteiger partial charge in [0, 0.05) is 12.5 Å². The molecule has 1 fully saturated rings. The first-order chi connectivity index (χ1) is 5.63. The summed E-state index contributed by atoms with van der Waals surface area (Å²) >= 11 is 0. The molecule has 2 N–H and O–H groups in total. The molecule has 0 aliphatic carbocycles. The average molecular weight is 172 g/mol. The van der Waals surface area contributed by atoms with Crippen LogP contribution in [0.2, 0.25) is 0 Å². The van der Waals surface area contributed by atoms with E-state index in [4.69, 9.17) is 5.11 Å². The van der Waals surface area contributed by atoms with Gasteiger partial charge in [0.15, 0.2) is 0 Å². The lowest BCUT2D eigenvalue weighted by Gasteiger charge is -2.14. The molecule has 68 valence electrons. The Morgan fingerprint density at radius 3 is 2.92 bits per heavy atom. The number of carboxylic acids is 1. The largest absolute Gasteiger partial charge is 0.480 e. The van der Waals surface area contributed by atoms with Crippen LogP contribution in [0.4, 0.5) is 0 Å². The summed E-state index contributed by atoms with van der Waals surface area (Å²) in [5, 5.41) is 9.58. The summed E-state index contributed by atoms with van der Waals surface area (Å²) in [5.41, 5.74) is 2.82. The fourth-order valence-corrected chi connectivity index (χ4v) is 1.16. The van der Waals surface area contributed by atoms with E-state index >= 15 is 0 Å². The molecule has 1 saturated heterocycles. The number of rotatable bonds is 3. The van der Waals surface area contributed by atoms with E-state index in [9.17, 15) is 9.59 Å². The zero-order valence-corrected chi connectivity index (χ0v) is 6.91. The number of nitrogens with zero attached hydrogens (tertiary/aromatic N) is 1. The Hall–Kier alpha value is -1.10. The number of hydrogen-bond acceptors (Lipinski definition) is 3. The van der Waals surface area contributed by atoms with Gasteiger partial charge in [-0.05, 0) is 6.42 Å². The number of amides is 1. The second-order valence-corrected chi connectivity index (χ2v) is 2.81. The summed E-state index contributed by atoms with van der Waals surface area (Å²) in [6, 6.07) is 0.108. The molecular formula is C7H12N2O3. The molecule has 0 bridgehead atoms. The monoisotopic (exact) mass is 172 g/mol. The van der Waals surface area contributed by atoms with Gasteiger partial charge in [-0.15, -0.1) is 0 Å². The Morgan fingerprint density at radius 2 is 2.50 bits per heavy atom. The van der Waals surface area contributed by atoms with Gasteiger partial charge in [0.05, 0.1) is 0 Å². The van der Waals surface area contributed by atoms with Crippen molar-refractivity contribution in [2.75, 3.05) is 6.54 Å². The van der Waals surface area contributed by atoms with Crippen molar-refractivity contribution in [3.05, 3.63) is 0 Å². The lowest BCUT2D eigenvalue weighted by Crippen LogP contribution is -2.40. The van der Waals surface area contributed by atoms with Gasteiger partial charge in [0.1, 0.15) is 6.54 Å². The van der Waals surface area contributed by atoms with Crippen LogP contribution in [-0.4, -0.2) is 34.6 Å². The van der Waals surface area contributed by atoms with Crippen molar-refractivity contribution in [2.24, 2.45) is 0 Å². The van der Waals surface area contributed by atoms with Crippen LogP contribution in [0.15, 0.2) is 0 Å². The van der Waals surface area contributed by atoms with Gasteiger partial charge in [0.25, 0.3) is 0 Å². The lowest BCUT2D eigenvalue weighted by molar-refractivity contribution is -0.144. The smallest absolute Gasteiger partial charge is 0.324 e. The normalized spacial score (nSPS) is 23.2. The summed E-state index contributed by atoms with van der Waals surface area (Å²) in [4.78, 5) is 21.3. The third-order valence-electron chi connectivity index (χ3n) is 1.85. The molecule has 1 unspecified atom stereocenters. The molecule has 1 aliphatic rings. The number of carboxylic acid groups (broad SMARTS) is 1. The molecule has 1 aliphatic heterocycles. The third kappa shape index (κ3) is 1.94. The van der Waals surface area contributed by atoms with Gasteiger partial charge in [-0.25, -0.2) is 5.43 Å². The molecule has 5 heteroatoms. The van der Waals surface area contributed by atoms with Crippen molar-refractivity contribution < 1.29 is 14.7 Å². The van der Waals surface area contributed by atoms with E-state index < -0.39 is 5.97 Å². The third-order valence-corrected chi connectivity index (χ3v) is 1.85. The SMILES string of the molecule is CCC1CC(=O)N(CC(=O)O)N1. The standard InChI is InChI=1S/C7H12N2O3/c1-2-5-3-6(10)9(8-5)4-7(11)12/h5,8H,2-4H2,1H3,(H,11,12). The predicted octanol–water partition coefficient (Wildman–Crippen LogP) is -0.414. The van der Waals surface area contributed by atoms with Crippen molar-refractivity contribution in [1.82, 2.24) is 10.4 Å². The van der Waals surface area contributed by atoms with E-state index in [0.29, 0.717) is 6.42 Å². The fourth-order valence-electron chi connectivity index (χ4n) is 1.16. The Labute approximate surface area is 70.3 Å². The molecular weight excluding hydrogens is 160 g/mol. The highest BCUT2D eigenvalue weighted by molar-refractivity contribution is 5.82. The highest BCUT2D eigenvalue weighted by atomic mass is 16.4. The first kappa shape index (κ1) is 8.99. The second kappa shape index (κ2) is 3.53. The van der Waals surface area contributed by atoms with E-state index in [-0.39, 0.29) is 18.5 Å². The quantitative estimate of drug-likeness (QED) is 0.607. The number of hydrogen-bond donors (Lipinski definition) is 2. The van der Waals surface area contributed by atoms with Crippen LogP contribution >= 0.6 is 0 Å². The zero-order chi connectivity index (χ0) is 9.14. The van der Waals surface area contributed by atoms with Crippen LogP contribution in [-0.2, 0) is 9.59 Å². The summed E-state index contributed by atoms with van der Waals surface area (Å²) < 4.78 is 0. The Bertz CT molecular complexity index is 205. The summed E-state index contributed by atoms with van der Waals surface area (Å²) in [5.74, 6) is -1.13. The molecule has 0 aromatic heterocycles. The van der Waals surface area contributed by atoms with Gasteiger partial charge in [0.2, 0.25) is 5.91 Å². The van der Waals surface area contributed by atoms with E-state index in [1.807, 2.05) is 6.92 Å². The second-order valence-electron chi connectivity index (χ2n) is 2.81. The molecule has 0 aromatic carbocycles. The molecule has 1 atom stereocenters. The van der Waals surface area contributed by atoms with Crippen LogP contribution in [0.3, 0.4) is 0 Å². The topological polar surface area (TPSA) is 69.6 Å². The van der Waals surface area contributed by atoms with Crippen molar-refractivity contribution in [2.45, 2.75) is 25.8 Å². The van der Waals surface area contributed by atoms with Crippen molar-refractivity contribution in [1.29, 1.82) is 0 Å². The van der Waals surface area contributed by atoms with Crippen molar-refractivity contribution in [3.8, 4) is 0 Å². The molecule has 1 rings (SSSR count).